The number of benzene rings is 2. The van der Waals surface area contributed by atoms with Gasteiger partial charge in [-0.3, -0.25) is 0 Å². The third kappa shape index (κ3) is 3.72. The van der Waals surface area contributed by atoms with Gasteiger partial charge in [0.25, 0.3) is 0 Å². The van der Waals surface area contributed by atoms with Crippen LogP contribution in [0.1, 0.15) is 11.1 Å². The molecule has 0 unspecified atom stereocenters. The molecule has 0 atom stereocenters. The van der Waals surface area contributed by atoms with Crippen molar-refractivity contribution in [1.29, 1.82) is 0 Å². The maximum Gasteiger partial charge on any atom is 0.241 e. The van der Waals surface area contributed by atoms with Crippen molar-refractivity contribution >= 4 is 21.6 Å². The largest absolute Gasteiger partial charge is 0.487 e. The van der Waals surface area contributed by atoms with E-state index in [4.69, 9.17) is 21.5 Å². The van der Waals surface area contributed by atoms with Gasteiger partial charge in [0, 0.05) is 5.56 Å². The van der Waals surface area contributed by atoms with Crippen LogP contribution in [-0.4, -0.2) is 8.42 Å². The molecule has 112 valence electrons. The molecule has 0 heterocycles. The molecule has 0 spiro atoms. The van der Waals surface area contributed by atoms with Crippen LogP contribution in [0.25, 0.3) is 0 Å². The molecule has 4 nitrogen and oxygen atoms in total. The molecule has 0 bridgehead atoms. The Bertz CT molecular complexity index is 778. The first-order chi connectivity index (χ1) is 9.79. The molecule has 0 saturated carbocycles. The first kappa shape index (κ1) is 15.8. The highest BCUT2D eigenvalue weighted by Crippen LogP contribution is 2.26. The van der Waals surface area contributed by atoms with E-state index < -0.39 is 15.8 Å². The molecule has 21 heavy (non-hydrogen) atoms. The first-order valence-corrected chi connectivity index (χ1v) is 7.90. The molecular weight excluding hydrogens is 317 g/mol. The van der Waals surface area contributed by atoms with Gasteiger partial charge in [0.1, 0.15) is 23.1 Å². The van der Waals surface area contributed by atoms with Gasteiger partial charge in [-0.15, -0.1) is 0 Å². The van der Waals surface area contributed by atoms with Gasteiger partial charge < -0.3 is 4.74 Å². The van der Waals surface area contributed by atoms with E-state index in [1.165, 1.54) is 24.3 Å². The Morgan fingerprint density at radius 3 is 2.67 bits per heavy atom. The Morgan fingerprint density at radius 2 is 2.00 bits per heavy atom. The molecule has 0 aliphatic carbocycles. The monoisotopic (exact) mass is 329 g/mol. The molecule has 0 aliphatic heterocycles. The Labute approximate surface area is 127 Å². The van der Waals surface area contributed by atoms with Gasteiger partial charge in [0.05, 0.1) is 5.02 Å². The summed E-state index contributed by atoms with van der Waals surface area (Å²) < 4.78 is 42.2. The van der Waals surface area contributed by atoms with Crippen molar-refractivity contribution in [2.45, 2.75) is 18.4 Å². The van der Waals surface area contributed by atoms with Gasteiger partial charge >= 0.3 is 0 Å². The molecule has 0 saturated heterocycles. The van der Waals surface area contributed by atoms with Crippen LogP contribution in [0.4, 0.5) is 4.39 Å². The van der Waals surface area contributed by atoms with E-state index in [0.29, 0.717) is 0 Å². The lowest BCUT2D eigenvalue weighted by Gasteiger charge is -2.11. The van der Waals surface area contributed by atoms with Crippen LogP contribution < -0.4 is 9.88 Å². The van der Waals surface area contributed by atoms with Crippen molar-refractivity contribution in [2.24, 2.45) is 5.14 Å². The molecule has 7 heteroatoms. The number of rotatable bonds is 4. The fraction of sp³-hybridized carbons (Fsp3) is 0.143. The molecule has 0 aromatic heterocycles. The van der Waals surface area contributed by atoms with Gasteiger partial charge in [0.2, 0.25) is 10.0 Å². The fourth-order valence-electron chi connectivity index (χ4n) is 1.77. The fourth-order valence-corrected chi connectivity index (χ4v) is 2.72. The van der Waals surface area contributed by atoms with Crippen molar-refractivity contribution in [3.63, 3.8) is 0 Å². The van der Waals surface area contributed by atoms with Crippen molar-refractivity contribution in [1.82, 2.24) is 0 Å². The Kier molecular flexibility index (Phi) is 4.51. The van der Waals surface area contributed by atoms with Crippen LogP contribution in [-0.2, 0) is 16.6 Å². The lowest BCUT2D eigenvalue weighted by atomic mass is 10.2. The number of hydrogen-bond donors (Lipinski definition) is 1. The smallest absolute Gasteiger partial charge is 0.241 e. The Morgan fingerprint density at radius 1 is 1.29 bits per heavy atom. The molecule has 2 aromatic carbocycles. The number of nitrogens with two attached hydrogens (primary N) is 1. The predicted octanol–water partition coefficient (Wildman–Crippen LogP) is 3.01. The third-order valence-corrected chi connectivity index (χ3v) is 4.04. The van der Waals surface area contributed by atoms with Gasteiger partial charge in [-0.1, -0.05) is 29.8 Å². The summed E-state index contributed by atoms with van der Waals surface area (Å²) in [7, 11) is -3.92. The number of aryl methyl sites for hydroxylation is 1. The zero-order valence-corrected chi connectivity index (χ0v) is 12.7. The highest BCUT2D eigenvalue weighted by atomic mass is 35.5. The van der Waals surface area contributed by atoms with E-state index in [0.717, 1.165) is 5.56 Å². The van der Waals surface area contributed by atoms with Crippen LogP contribution >= 0.6 is 11.6 Å². The Hall–Kier alpha value is -1.63. The van der Waals surface area contributed by atoms with Crippen LogP contribution in [0.5, 0.6) is 5.75 Å². The summed E-state index contributed by atoms with van der Waals surface area (Å²) in [4.78, 5) is -0.134. The summed E-state index contributed by atoms with van der Waals surface area (Å²) in [6.07, 6.45) is 0. The number of ether oxygens (including phenoxy) is 1. The maximum absolute atomic E-state index is 13.7. The van der Waals surface area contributed by atoms with Crippen molar-refractivity contribution < 1.29 is 17.5 Å². The molecule has 0 fully saturated rings. The van der Waals surface area contributed by atoms with Crippen molar-refractivity contribution in [2.75, 3.05) is 0 Å². The summed E-state index contributed by atoms with van der Waals surface area (Å²) in [5.41, 5.74) is 0.948. The van der Waals surface area contributed by atoms with Crippen LogP contribution in [0.15, 0.2) is 41.3 Å². The van der Waals surface area contributed by atoms with E-state index in [-0.39, 0.29) is 27.8 Å². The molecule has 2 N–H and O–H groups in total. The highest BCUT2D eigenvalue weighted by Gasteiger charge is 2.16. The zero-order valence-electron chi connectivity index (χ0n) is 11.1. The molecule has 0 radical (unpaired) electrons. The van der Waals surface area contributed by atoms with E-state index >= 15 is 0 Å². The minimum absolute atomic E-state index is 0.0216. The van der Waals surface area contributed by atoms with E-state index in [2.05, 4.69) is 0 Å². The molecule has 0 aliphatic rings. The van der Waals surface area contributed by atoms with Crippen LogP contribution in [0, 0.1) is 12.7 Å². The number of sulfonamides is 1. The quantitative estimate of drug-likeness (QED) is 0.937. The van der Waals surface area contributed by atoms with Crippen LogP contribution in [0.3, 0.4) is 0 Å². The summed E-state index contributed by atoms with van der Waals surface area (Å²) in [6, 6.07) is 9.07. The second-order valence-electron chi connectivity index (χ2n) is 4.50. The number of hydrogen-bond acceptors (Lipinski definition) is 3. The van der Waals surface area contributed by atoms with Gasteiger partial charge in [0.15, 0.2) is 0 Å². The minimum Gasteiger partial charge on any atom is -0.487 e. The van der Waals surface area contributed by atoms with E-state index in [1.807, 2.05) is 0 Å². The Balaban J connectivity index is 2.31. The van der Waals surface area contributed by atoms with Crippen LogP contribution in [0.2, 0.25) is 5.02 Å². The number of primary sulfonamides is 1. The number of halogens is 2. The average molecular weight is 330 g/mol. The SMILES string of the molecule is Cc1ccc(OCc2cccc(Cl)c2F)c(S(N)(=O)=O)c1. The zero-order chi connectivity index (χ0) is 15.6. The summed E-state index contributed by atoms with van der Waals surface area (Å²) in [6.45, 7) is 1.58. The lowest BCUT2D eigenvalue weighted by Crippen LogP contribution is -2.14. The van der Waals surface area contributed by atoms with Gasteiger partial charge in [-0.25, -0.2) is 17.9 Å². The summed E-state index contributed by atoms with van der Waals surface area (Å²) in [5.74, 6) is -0.522. The van der Waals surface area contributed by atoms with E-state index in [9.17, 15) is 12.8 Å². The molecular formula is C14H13ClFNO3S. The van der Waals surface area contributed by atoms with E-state index in [1.54, 1.807) is 19.1 Å². The second-order valence-corrected chi connectivity index (χ2v) is 6.43. The standard InChI is InChI=1S/C14H13ClFNO3S/c1-9-5-6-12(13(7-9)21(17,18)19)20-8-10-3-2-4-11(15)14(10)16/h2-7H,8H2,1H3,(H2,17,18,19). The van der Waals surface area contributed by atoms with Crippen molar-refractivity contribution in [3.05, 3.63) is 58.4 Å². The topological polar surface area (TPSA) is 69.4 Å². The maximum atomic E-state index is 13.7. The molecule has 2 aromatic rings. The predicted molar refractivity (Wildman–Crippen MR) is 78.3 cm³/mol. The van der Waals surface area contributed by atoms with Crippen molar-refractivity contribution in [3.8, 4) is 5.75 Å². The second kappa shape index (κ2) is 6.01. The molecule has 0 amide bonds. The normalized spacial score (nSPS) is 11.4. The molecule has 2 rings (SSSR count). The lowest BCUT2D eigenvalue weighted by molar-refractivity contribution is 0.292. The summed E-state index contributed by atoms with van der Waals surface area (Å²) in [5, 5.41) is 5.12. The van der Waals surface area contributed by atoms with Gasteiger partial charge in [-0.2, -0.15) is 0 Å². The summed E-state index contributed by atoms with van der Waals surface area (Å²) >= 11 is 5.67. The minimum atomic E-state index is -3.92. The third-order valence-electron chi connectivity index (χ3n) is 2.82. The first-order valence-electron chi connectivity index (χ1n) is 5.98. The average Bonchev–Trinajstić information content (AvgIpc) is 2.40. The van der Waals surface area contributed by atoms with Gasteiger partial charge in [-0.05, 0) is 30.7 Å². The highest BCUT2D eigenvalue weighted by molar-refractivity contribution is 7.89.